The highest BCUT2D eigenvalue weighted by Gasteiger charge is 2.60. The minimum absolute atomic E-state index is 0.0863. The van der Waals surface area contributed by atoms with Crippen LogP contribution in [0.2, 0.25) is 5.02 Å². The Bertz CT molecular complexity index is 1010. The molecule has 1 aromatic carbocycles. The van der Waals surface area contributed by atoms with E-state index in [1.807, 2.05) is 12.1 Å². The highest BCUT2D eigenvalue weighted by molar-refractivity contribution is 6.30. The summed E-state index contributed by atoms with van der Waals surface area (Å²) in [6, 6.07) is 8.27. The molecule has 4 aliphatic rings. The van der Waals surface area contributed by atoms with Crippen molar-refractivity contribution in [1.29, 1.82) is 0 Å². The van der Waals surface area contributed by atoms with Gasteiger partial charge in [0, 0.05) is 23.2 Å². The predicted molar refractivity (Wildman–Crippen MR) is 125 cm³/mol. The van der Waals surface area contributed by atoms with E-state index >= 15 is 0 Å². The molecule has 6 rings (SSSR count). The van der Waals surface area contributed by atoms with E-state index < -0.39 is 0 Å². The van der Waals surface area contributed by atoms with Crippen LogP contribution in [-0.4, -0.2) is 21.0 Å². The van der Waals surface area contributed by atoms with Gasteiger partial charge in [0.25, 0.3) is 0 Å². The maximum atomic E-state index is 10.8. The van der Waals surface area contributed by atoms with E-state index in [1.165, 1.54) is 54.6 Å². The third-order valence-electron chi connectivity index (χ3n) is 10.4. The average Bonchev–Trinajstić information content (AvgIpc) is 3.22. The first-order chi connectivity index (χ1) is 14.8. The molecule has 4 heteroatoms. The maximum Gasteiger partial charge on any atom is 0.0714 e. The van der Waals surface area contributed by atoms with Crippen molar-refractivity contribution in [3.63, 3.8) is 0 Å². The van der Waals surface area contributed by atoms with Crippen LogP contribution < -0.4 is 0 Å². The van der Waals surface area contributed by atoms with Crippen LogP contribution in [0.3, 0.4) is 0 Å². The molecule has 7 atom stereocenters. The fourth-order valence-corrected chi connectivity index (χ4v) is 8.80. The number of benzene rings is 1. The molecule has 1 N–H and O–H groups in total. The SMILES string of the molecule is Cn1nc2c(c1-c1ccc(Cl)cc1)C[C@@]1(C)[C@@H](CC[C@@H]3[C@@H]1CC[C@]1(C)[C@@H](O)CC[C@@H]31)C2. The number of aliphatic hydroxyl groups excluding tert-OH is 1. The lowest BCUT2D eigenvalue weighted by Gasteiger charge is -2.60. The summed E-state index contributed by atoms with van der Waals surface area (Å²) >= 11 is 6.17. The minimum atomic E-state index is -0.0863. The molecule has 0 aliphatic heterocycles. The third kappa shape index (κ3) is 2.78. The summed E-state index contributed by atoms with van der Waals surface area (Å²) in [7, 11) is 2.10. The first-order valence-electron chi connectivity index (χ1n) is 12.3. The molecule has 1 heterocycles. The van der Waals surface area contributed by atoms with Gasteiger partial charge in [-0.1, -0.05) is 37.6 Å². The highest BCUT2D eigenvalue weighted by Crippen LogP contribution is 2.65. The van der Waals surface area contributed by atoms with Gasteiger partial charge in [0.05, 0.1) is 17.5 Å². The lowest BCUT2D eigenvalue weighted by Crippen LogP contribution is -2.54. The second-order valence-corrected chi connectivity index (χ2v) is 12.0. The predicted octanol–water partition coefficient (Wildman–Crippen LogP) is 6.06. The highest BCUT2D eigenvalue weighted by atomic mass is 35.5. The first kappa shape index (κ1) is 20.3. The molecule has 3 saturated carbocycles. The van der Waals surface area contributed by atoms with Gasteiger partial charge >= 0.3 is 0 Å². The van der Waals surface area contributed by atoms with Crippen molar-refractivity contribution in [3.8, 4) is 11.3 Å². The maximum absolute atomic E-state index is 10.8. The Morgan fingerprint density at radius 3 is 2.52 bits per heavy atom. The minimum Gasteiger partial charge on any atom is -0.393 e. The summed E-state index contributed by atoms with van der Waals surface area (Å²) in [5.74, 6) is 3.02. The zero-order valence-corrected chi connectivity index (χ0v) is 19.8. The van der Waals surface area contributed by atoms with Gasteiger partial charge in [-0.3, -0.25) is 4.68 Å². The number of aliphatic hydroxyl groups is 1. The van der Waals surface area contributed by atoms with Gasteiger partial charge in [0.2, 0.25) is 0 Å². The van der Waals surface area contributed by atoms with Crippen LogP contribution in [0.4, 0.5) is 0 Å². The van der Waals surface area contributed by atoms with Gasteiger partial charge in [0.15, 0.2) is 0 Å². The van der Waals surface area contributed by atoms with Crippen LogP contribution in [0, 0.1) is 34.5 Å². The number of hydrogen-bond acceptors (Lipinski definition) is 2. The van der Waals surface area contributed by atoms with E-state index in [1.54, 1.807) is 0 Å². The quantitative estimate of drug-likeness (QED) is 0.587. The molecule has 31 heavy (non-hydrogen) atoms. The Morgan fingerprint density at radius 2 is 1.74 bits per heavy atom. The average molecular weight is 439 g/mol. The van der Waals surface area contributed by atoms with E-state index in [0.717, 1.165) is 42.0 Å². The Hall–Kier alpha value is -1.32. The van der Waals surface area contributed by atoms with Crippen molar-refractivity contribution < 1.29 is 5.11 Å². The monoisotopic (exact) mass is 438 g/mol. The van der Waals surface area contributed by atoms with Crippen LogP contribution in [0.25, 0.3) is 11.3 Å². The largest absolute Gasteiger partial charge is 0.393 e. The van der Waals surface area contributed by atoms with E-state index in [0.29, 0.717) is 11.3 Å². The van der Waals surface area contributed by atoms with E-state index in [2.05, 4.69) is 37.7 Å². The zero-order chi connectivity index (χ0) is 21.5. The van der Waals surface area contributed by atoms with Crippen molar-refractivity contribution >= 4 is 11.6 Å². The molecule has 0 amide bonds. The summed E-state index contributed by atoms with van der Waals surface area (Å²) < 4.78 is 2.11. The summed E-state index contributed by atoms with van der Waals surface area (Å²) in [5.41, 5.74) is 5.81. The lowest BCUT2D eigenvalue weighted by atomic mass is 9.45. The molecule has 4 aliphatic carbocycles. The molecule has 0 unspecified atom stereocenters. The van der Waals surface area contributed by atoms with Crippen molar-refractivity contribution in [2.45, 2.75) is 71.3 Å². The van der Waals surface area contributed by atoms with Gasteiger partial charge in [-0.05, 0) is 98.0 Å². The fraction of sp³-hybridized carbons (Fsp3) is 0.667. The van der Waals surface area contributed by atoms with Gasteiger partial charge in [-0.25, -0.2) is 0 Å². The molecule has 2 aromatic rings. The summed E-state index contributed by atoms with van der Waals surface area (Å²) in [6.45, 7) is 4.99. The molecular formula is C27H35ClN2O. The molecule has 166 valence electrons. The standard InChI is InChI=1S/C27H35ClN2O/c1-26-13-12-22-19(21(26)10-11-24(26)31)9-6-17-14-23-20(15-27(17,22)2)25(30(3)29-23)16-4-7-18(28)8-5-16/h4-5,7-8,17,19,21-22,24,31H,6,9-15H2,1-3H3/t17-,19-,21-,22-,24-,26-,27-/m0/s1. The van der Waals surface area contributed by atoms with E-state index in [4.69, 9.17) is 16.7 Å². The van der Waals surface area contributed by atoms with Crippen LogP contribution in [0.5, 0.6) is 0 Å². The van der Waals surface area contributed by atoms with Crippen molar-refractivity contribution in [3.05, 3.63) is 40.5 Å². The van der Waals surface area contributed by atoms with Crippen molar-refractivity contribution in [2.24, 2.45) is 41.5 Å². The summed E-state index contributed by atoms with van der Waals surface area (Å²) in [5, 5.41) is 16.5. The van der Waals surface area contributed by atoms with Crippen LogP contribution in [-0.2, 0) is 19.9 Å². The number of aryl methyl sites for hydroxylation is 1. The molecular weight excluding hydrogens is 404 g/mol. The zero-order valence-electron chi connectivity index (χ0n) is 19.1. The van der Waals surface area contributed by atoms with Gasteiger partial charge in [-0.15, -0.1) is 0 Å². The number of rotatable bonds is 1. The van der Waals surface area contributed by atoms with E-state index in [-0.39, 0.29) is 11.5 Å². The van der Waals surface area contributed by atoms with Crippen molar-refractivity contribution in [1.82, 2.24) is 9.78 Å². The van der Waals surface area contributed by atoms with Crippen LogP contribution in [0.15, 0.2) is 24.3 Å². The smallest absolute Gasteiger partial charge is 0.0714 e. The van der Waals surface area contributed by atoms with Crippen LogP contribution in [0.1, 0.15) is 63.6 Å². The summed E-state index contributed by atoms with van der Waals surface area (Å²) in [6.07, 6.45) is 9.59. The molecule has 3 fully saturated rings. The number of halogens is 1. The second kappa shape index (κ2) is 6.84. The van der Waals surface area contributed by atoms with Gasteiger partial charge < -0.3 is 5.11 Å². The number of nitrogens with zero attached hydrogens (tertiary/aromatic N) is 2. The normalized spacial score (nSPS) is 41.3. The second-order valence-electron chi connectivity index (χ2n) is 11.6. The molecule has 3 nitrogen and oxygen atoms in total. The Kier molecular flexibility index (Phi) is 4.48. The molecule has 0 bridgehead atoms. The molecule has 0 radical (unpaired) electrons. The third-order valence-corrected chi connectivity index (χ3v) is 10.6. The summed E-state index contributed by atoms with van der Waals surface area (Å²) in [4.78, 5) is 0. The molecule has 0 spiro atoms. The van der Waals surface area contributed by atoms with Crippen molar-refractivity contribution in [2.75, 3.05) is 0 Å². The Labute approximate surface area is 191 Å². The number of fused-ring (bicyclic) bond motifs is 6. The van der Waals surface area contributed by atoms with Gasteiger partial charge in [-0.2, -0.15) is 5.10 Å². The molecule has 1 aromatic heterocycles. The first-order valence-corrected chi connectivity index (χ1v) is 12.7. The van der Waals surface area contributed by atoms with Gasteiger partial charge in [0.1, 0.15) is 0 Å². The number of hydrogen-bond donors (Lipinski definition) is 1. The van der Waals surface area contributed by atoms with E-state index in [9.17, 15) is 5.11 Å². The topological polar surface area (TPSA) is 38.0 Å². The lowest BCUT2D eigenvalue weighted by molar-refractivity contribution is -0.111. The Morgan fingerprint density at radius 1 is 1.00 bits per heavy atom. The fourth-order valence-electron chi connectivity index (χ4n) is 8.67. The Balaban J connectivity index is 1.38. The molecule has 0 saturated heterocycles. The van der Waals surface area contributed by atoms with Crippen LogP contribution >= 0.6 is 11.6 Å². The number of aromatic nitrogens is 2.